The number of likely N-dealkylation sites (N-methyl/N-ethyl adjacent to an activating group) is 1. The third kappa shape index (κ3) is 5.03. The van der Waals surface area contributed by atoms with E-state index in [1.165, 1.54) is 0 Å². The fourth-order valence-corrected chi connectivity index (χ4v) is 3.53. The van der Waals surface area contributed by atoms with E-state index < -0.39 is 0 Å². The van der Waals surface area contributed by atoms with Gasteiger partial charge in [0, 0.05) is 43.7 Å². The molecule has 4 rings (SSSR count). The molecule has 0 atom stereocenters. The van der Waals surface area contributed by atoms with Gasteiger partial charge in [0.25, 0.3) is 5.91 Å². The Bertz CT molecular complexity index is 1160. The number of carbonyl (C=O) groups excluding carboxylic acids is 1. The van der Waals surface area contributed by atoms with Crippen LogP contribution in [0.1, 0.15) is 21.6 Å². The maximum absolute atomic E-state index is 13.4. The molecule has 0 radical (unpaired) electrons. The van der Waals surface area contributed by atoms with Crippen molar-refractivity contribution in [3.63, 3.8) is 0 Å². The van der Waals surface area contributed by atoms with Crippen LogP contribution in [0.3, 0.4) is 0 Å². The summed E-state index contributed by atoms with van der Waals surface area (Å²) in [5, 5.41) is 4.77. The summed E-state index contributed by atoms with van der Waals surface area (Å²) in [6, 6.07) is 23.5. The van der Waals surface area contributed by atoms with Gasteiger partial charge in [-0.05, 0) is 42.0 Å². The molecule has 0 saturated carbocycles. The Balaban J connectivity index is 1.61. The Hall–Kier alpha value is -3.93. The minimum absolute atomic E-state index is 0.0638. The van der Waals surface area contributed by atoms with Gasteiger partial charge in [0.2, 0.25) is 0 Å². The number of amides is 1. The van der Waals surface area contributed by atoms with E-state index in [9.17, 15) is 4.79 Å². The highest BCUT2D eigenvalue weighted by molar-refractivity contribution is 5.99. The molecule has 2 aromatic carbocycles. The normalized spacial score (nSPS) is 10.7. The Morgan fingerprint density at radius 1 is 1.00 bits per heavy atom. The van der Waals surface area contributed by atoms with Gasteiger partial charge in [-0.2, -0.15) is 5.10 Å². The lowest BCUT2D eigenvalue weighted by Crippen LogP contribution is -2.29. The quantitative estimate of drug-likeness (QED) is 0.421. The van der Waals surface area contributed by atoms with E-state index in [1.54, 1.807) is 18.2 Å². The van der Waals surface area contributed by atoms with Crippen molar-refractivity contribution in [2.75, 3.05) is 20.7 Å². The first-order valence-corrected chi connectivity index (χ1v) is 10.5. The highest BCUT2D eigenvalue weighted by Gasteiger charge is 2.21. The van der Waals surface area contributed by atoms with E-state index >= 15 is 0 Å². The molecule has 0 bridgehead atoms. The Labute approximate surface area is 188 Å². The van der Waals surface area contributed by atoms with Crippen LogP contribution in [-0.2, 0) is 13.0 Å². The van der Waals surface area contributed by atoms with Gasteiger partial charge >= 0.3 is 0 Å². The molecule has 0 fully saturated rings. The second-order valence-electron chi connectivity index (χ2n) is 7.60. The van der Waals surface area contributed by atoms with Crippen LogP contribution < -0.4 is 4.74 Å². The molecule has 162 valence electrons. The van der Waals surface area contributed by atoms with Gasteiger partial charge < -0.3 is 9.64 Å². The minimum atomic E-state index is -0.0638. The number of methoxy groups -OCH3 is 1. The number of ether oxygens (including phenoxy) is 1. The van der Waals surface area contributed by atoms with Crippen molar-refractivity contribution in [2.24, 2.45) is 0 Å². The Morgan fingerprint density at radius 2 is 1.75 bits per heavy atom. The lowest BCUT2D eigenvalue weighted by atomic mass is 10.1. The van der Waals surface area contributed by atoms with Crippen LogP contribution in [0.5, 0.6) is 5.75 Å². The summed E-state index contributed by atoms with van der Waals surface area (Å²) in [5.74, 6) is 0.698. The number of benzene rings is 2. The van der Waals surface area contributed by atoms with Gasteiger partial charge in [0.1, 0.15) is 11.4 Å². The predicted octanol–water partition coefficient (Wildman–Crippen LogP) is 4.32. The van der Waals surface area contributed by atoms with Crippen molar-refractivity contribution in [1.82, 2.24) is 19.7 Å². The largest absolute Gasteiger partial charge is 0.497 e. The van der Waals surface area contributed by atoms with Crippen molar-refractivity contribution in [2.45, 2.75) is 13.0 Å². The average molecular weight is 427 g/mol. The highest BCUT2D eigenvalue weighted by atomic mass is 16.5. The minimum Gasteiger partial charge on any atom is -0.497 e. The second kappa shape index (κ2) is 9.92. The molecule has 0 aliphatic heterocycles. The van der Waals surface area contributed by atoms with E-state index in [0.717, 1.165) is 22.6 Å². The van der Waals surface area contributed by atoms with E-state index in [0.29, 0.717) is 30.8 Å². The van der Waals surface area contributed by atoms with Gasteiger partial charge in [0.15, 0.2) is 0 Å². The van der Waals surface area contributed by atoms with Gasteiger partial charge in [-0.25, -0.2) is 0 Å². The number of aromatic nitrogens is 3. The zero-order valence-electron chi connectivity index (χ0n) is 18.3. The smallest absolute Gasteiger partial charge is 0.257 e. The molecular weight excluding hydrogens is 400 g/mol. The first kappa shape index (κ1) is 21.3. The number of hydrogen-bond acceptors (Lipinski definition) is 4. The van der Waals surface area contributed by atoms with Crippen LogP contribution >= 0.6 is 0 Å². The van der Waals surface area contributed by atoms with Gasteiger partial charge in [-0.15, -0.1) is 0 Å². The molecule has 32 heavy (non-hydrogen) atoms. The lowest BCUT2D eigenvalue weighted by Gasteiger charge is -2.17. The van der Waals surface area contributed by atoms with E-state index in [4.69, 9.17) is 9.84 Å². The maximum atomic E-state index is 13.4. The van der Waals surface area contributed by atoms with Crippen LogP contribution in [-0.4, -0.2) is 46.3 Å². The number of rotatable bonds is 8. The van der Waals surface area contributed by atoms with E-state index in [2.05, 4.69) is 17.1 Å². The maximum Gasteiger partial charge on any atom is 0.257 e. The summed E-state index contributed by atoms with van der Waals surface area (Å²) in [6.07, 6.45) is 4.30. The zero-order chi connectivity index (χ0) is 22.3. The van der Waals surface area contributed by atoms with Crippen molar-refractivity contribution < 1.29 is 9.53 Å². The summed E-state index contributed by atoms with van der Waals surface area (Å²) in [5.41, 5.74) is 4.20. The topological polar surface area (TPSA) is 60.3 Å². The SMILES string of the molecule is COc1ccc(-c2nn(Cc3ccccc3)cc2C(=O)N(C)CCc2ccccn2)cc1. The van der Waals surface area contributed by atoms with Crippen LogP contribution in [0.2, 0.25) is 0 Å². The Morgan fingerprint density at radius 3 is 2.44 bits per heavy atom. The first-order chi connectivity index (χ1) is 15.6. The number of carbonyl (C=O) groups is 1. The molecule has 4 aromatic rings. The van der Waals surface area contributed by atoms with Crippen molar-refractivity contribution >= 4 is 5.91 Å². The number of pyridine rings is 1. The van der Waals surface area contributed by atoms with E-state index in [1.807, 2.05) is 78.6 Å². The van der Waals surface area contributed by atoms with Crippen LogP contribution in [0.15, 0.2) is 85.2 Å². The lowest BCUT2D eigenvalue weighted by molar-refractivity contribution is 0.0797. The number of hydrogen-bond donors (Lipinski definition) is 0. The first-order valence-electron chi connectivity index (χ1n) is 10.5. The molecule has 2 aromatic heterocycles. The summed E-state index contributed by atoms with van der Waals surface area (Å²) in [7, 11) is 3.45. The van der Waals surface area contributed by atoms with E-state index in [-0.39, 0.29) is 5.91 Å². The van der Waals surface area contributed by atoms with Crippen molar-refractivity contribution in [3.05, 3.63) is 102 Å². The van der Waals surface area contributed by atoms with Crippen LogP contribution in [0, 0.1) is 0 Å². The fraction of sp³-hybridized carbons (Fsp3) is 0.192. The number of nitrogens with zero attached hydrogens (tertiary/aromatic N) is 4. The monoisotopic (exact) mass is 426 g/mol. The molecule has 1 amide bonds. The molecule has 6 heteroatoms. The van der Waals surface area contributed by atoms with Gasteiger partial charge in [-0.1, -0.05) is 36.4 Å². The molecular formula is C26H26N4O2. The fourth-order valence-electron chi connectivity index (χ4n) is 3.53. The summed E-state index contributed by atoms with van der Waals surface area (Å²) < 4.78 is 7.10. The van der Waals surface area contributed by atoms with Crippen molar-refractivity contribution in [1.29, 1.82) is 0 Å². The Kier molecular flexibility index (Phi) is 6.60. The molecule has 0 aliphatic rings. The molecule has 6 nitrogen and oxygen atoms in total. The predicted molar refractivity (Wildman–Crippen MR) is 125 cm³/mol. The summed E-state index contributed by atoms with van der Waals surface area (Å²) >= 11 is 0. The zero-order valence-corrected chi connectivity index (χ0v) is 18.3. The highest BCUT2D eigenvalue weighted by Crippen LogP contribution is 2.26. The third-order valence-electron chi connectivity index (χ3n) is 5.32. The molecule has 0 spiro atoms. The third-order valence-corrected chi connectivity index (χ3v) is 5.32. The van der Waals surface area contributed by atoms with Gasteiger partial charge in [-0.3, -0.25) is 14.5 Å². The molecule has 2 heterocycles. The molecule has 0 unspecified atom stereocenters. The molecule has 0 saturated heterocycles. The van der Waals surface area contributed by atoms with Crippen LogP contribution in [0.25, 0.3) is 11.3 Å². The van der Waals surface area contributed by atoms with Crippen molar-refractivity contribution in [3.8, 4) is 17.0 Å². The van der Waals surface area contributed by atoms with Gasteiger partial charge in [0.05, 0.1) is 19.2 Å². The summed E-state index contributed by atoms with van der Waals surface area (Å²) in [6.45, 7) is 1.16. The van der Waals surface area contributed by atoms with Crippen LogP contribution in [0.4, 0.5) is 0 Å². The molecule has 0 aliphatic carbocycles. The summed E-state index contributed by atoms with van der Waals surface area (Å²) in [4.78, 5) is 19.5. The standard InChI is InChI=1S/C26H26N4O2/c1-29(17-15-22-10-6-7-16-27-22)26(31)24-19-30(18-20-8-4-3-5-9-20)28-25(24)21-11-13-23(32-2)14-12-21/h3-14,16,19H,15,17-18H2,1-2H3. The molecule has 0 N–H and O–H groups in total. The average Bonchev–Trinajstić information content (AvgIpc) is 3.27. The second-order valence-corrected chi connectivity index (χ2v) is 7.60.